The molecule has 29 heavy (non-hydrogen) atoms. The molecule has 8 heteroatoms. The van der Waals surface area contributed by atoms with Crippen LogP contribution in [0.5, 0.6) is 0 Å². The molecule has 5 aromatic rings. The van der Waals surface area contributed by atoms with Crippen LogP contribution in [0, 0.1) is 0 Å². The highest BCUT2D eigenvalue weighted by atomic mass is 35.5. The van der Waals surface area contributed by atoms with E-state index >= 15 is 0 Å². The Morgan fingerprint density at radius 3 is 2.76 bits per heavy atom. The van der Waals surface area contributed by atoms with Crippen LogP contribution in [0.2, 0.25) is 5.02 Å². The Morgan fingerprint density at radius 2 is 1.86 bits per heavy atom. The number of para-hydroxylation sites is 1. The van der Waals surface area contributed by atoms with Gasteiger partial charge in [-0.15, -0.1) is 5.10 Å². The Bertz CT molecular complexity index is 1360. The number of aromatic amines is 1. The van der Waals surface area contributed by atoms with Crippen molar-refractivity contribution in [2.24, 2.45) is 0 Å². The van der Waals surface area contributed by atoms with E-state index in [9.17, 15) is 4.79 Å². The van der Waals surface area contributed by atoms with Gasteiger partial charge in [0.15, 0.2) is 0 Å². The van der Waals surface area contributed by atoms with Crippen molar-refractivity contribution in [3.8, 4) is 11.4 Å². The normalized spacial score (nSPS) is 11.2. The number of H-pyrrole nitrogens is 1. The fraction of sp³-hybridized carbons (Fsp3) is 0.0476. The van der Waals surface area contributed by atoms with Crippen LogP contribution in [0.1, 0.15) is 0 Å². The van der Waals surface area contributed by atoms with Crippen LogP contribution in [0.15, 0.2) is 66.7 Å². The number of hydrogen-bond acceptors (Lipinski definition) is 4. The molecule has 2 heterocycles. The molecule has 2 N–H and O–H groups in total. The second-order valence-corrected chi connectivity index (χ2v) is 6.99. The van der Waals surface area contributed by atoms with Gasteiger partial charge in [0.25, 0.3) is 0 Å². The number of fused-ring (bicyclic) bond motifs is 2. The predicted octanol–water partition coefficient (Wildman–Crippen LogP) is 4.27. The van der Waals surface area contributed by atoms with E-state index in [1.165, 1.54) is 0 Å². The summed E-state index contributed by atoms with van der Waals surface area (Å²) in [6.45, 7) is 0.0758. The molecular weight excluding hydrogens is 388 g/mol. The first-order valence-electron chi connectivity index (χ1n) is 9.00. The van der Waals surface area contributed by atoms with E-state index in [4.69, 9.17) is 11.6 Å². The second kappa shape index (κ2) is 7.03. The molecule has 0 saturated carbocycles. The average molecular weight is 403 g/mol. The number of halogens is 1. The second-order valence-electron chi connectivity index (χ2n) is 6.58. The molecule has 7 nitrogen and oxygen atoms in total. The molecule has 0 saturated heterocycles. The van der Waals surface area contributed by atoms with Gasteiger partial charge in [-0.3, -0.25) is 4.79 Å². The van der Waals surface area contributed by atoms with E-state index in [0.29, 0.717) is 16.5 Å². The van der Waals surface area contributed by atoms with Gasteiger partial charge in [-0.1, -0.05) is 41.1 Å². The third-order valence-electron chi connectivity index (χ3n) is 4.61. The maximum Gasteiger partial charge on any atom is 0.246 e. The first-order valence-corrected chi connectivity index (χ1v) is 9.38. The van der Waals surface area contributed by atoms with E-state index in [2.05, 4.69) is 25.6 Å². The van der Waals surface area contributed by atoms with Crippen molar-refractivity contribution < 1.29 is 4.79 Å². The van der Waals surface area contributed by atoms with Gasteiger partial charge in [-0.25, -0.2) is 9.67 Å². The van der Waals surface area contributed by atoms with Gasteiger partial charge in [0.1, 0.15) is 17.9 Å². The lowest BCUT2D eigenvalue weighted by Gasteiger charge is -2.05. The monoisotopic (exact) mass is 402 g/mol. The van der Waals surface area contributed by atoms with Crippen LogP contribution in [0.3, 0.4) is 0 Å². The molecule has 0 atom stereocenters. The Morgan fingerprint density at radius 1 is 1.03 bits per heavy atom. The van der Waals surface area contributed by atoms with Gasteiger partial charge in [0.2, 0.25) is 5.91 Å². The van der Waals surface area contributed by atoms with Crippen LogP contribution in [0.25, 0.3) is 33.5 Å². The Hall–Kier alpha value is -3.71. The number of anilines is 1. The summed E-state index contributed by atoms with van der Waals surface area (Å²) in [5.41, 5.74) is 4.67. The fourth-order valence-corrected chi connectivity index (χ4v) is 3.46. The number of imidazole rings is 1. The van der Waals surface area contributed by atoms with Crippen molar-refractivity contribution in [2.75, 3.05) is 5.32 Å². The topological polar surface area (TPSA) is 88.5 Å². The van der Waals surface area contributed by atoms with E-state index in [-0.39, 0.29) is 12.5 Å². The van der Waals surface area contributed by atoms with E-state index in [0.717, 1.165) is 27.6 Å². The molecule has 5 rings (SSSR count). The number of rotatable bonds is 4. The highest BCUT2D eigenvalue weighted by Gasteiger charge is 2.11. The molecule has 0 unspecified atom stereocenters. The number of carbonyl (C=O) groups excluding carboxylic acids is 1. The van der Waals surface area contributed by atoms with Crippen molar-refractivity contribution in [1.29, 1.82) is 0 Å². The summed E-state index contributed by atoms with van der Waals surface area (Å²) < 4.78 is 1.58. The summed E-state index contributed by atoms with van der Waals surface area (Å²) in [7, 11) is 0. The van der Waals surface area contributed by atoms with Crippen molar-refractivity contribution in [1.82, 2.24) is 25.0 Å². The number of benzene rings is 3. The lowest BCUT2D eigenvalue weighted by Crippen LogP contribution is -2.19. The molecule has 0 aliphatic heterocycles. The van der Waals surface area contributed by atoms with Gasteiger partial charge in [0, 0.05) is 11.3 Å². The van der Waals surface area contributed by atoms with Gasteiger partial charge >= 0.3 is 0 Å². The number of nitrogens with zero attached hydrogens (tertiary/aromatic N) is 4. The quantitative estimate of drug-likeness (QED) is 0.470. The Labute approximate surface area is 170 Å². The minimum atomic E-state index is -0.189. The molecular formula is C21H15ClN6O. The zero-order valence-corrected chi connectivity index (χ0v) is 15.9. The number of carbonyl (C=O) groups is 1. The lowest BCUT2D eigenvalue weighted by molar-refractivity contribution is -0.116. The third-order valence-corrected chi connectivity index (χ3v) is 4.94. The smallest absolute Gasteiger partial charge is 0.246 e. The summed E-state index contributed by atoms with van der Waals surface area (Å²) in [5, 5.41) is 11.6. The summed E-state index contributed by atoms with van der Waals surface area (Å²) in [4.78, 5) is 20.3. The van der Waals surface area contributed by atoms with Gasteiger partial charge in [-0.05, 0) is 42.5 Å². The molecule has 0 aliphatic rings. The van der Waals surface area contributed by atoms with E-state index < -0.39 is 0 Å². The summed E-state index contributed by atoms with van der Waals surface area (Å²) in [6, 6.07) is 20.6. The van der Waals surface area contributed by atoms with Crippen molar-refractivity contribution in [3.63, 3.8) is 0 Å². The van der Waals surface area contributed by atoms with Gasteiger partial charge < -0.3 is 10.3 Å². The van der Waals surface area contributed by atoms with Crippen molar-refractivity contribution in [3.05, 3.63) is 71.8 Å². The SMILES string of the molecule is O=C(Cn1nnc2ccccc21)Nc1ccc2nc(-c3ccccc3Cl)[nH]c2c1. The maximum absolute atomic E-state index is 12.5. The lowest BCUT2D eigenvalue weighted by atomic mass is 10.2. The van der Waals surface area contributed by atoms with Crippen LogP contribution >= 0.6 is 11.6 Å². The molecule has 0 spiro atoms. The number of nitrogens with one attached hydrogen (secondary N) is 2. The zero-order valence-electron chi connectivity index (χ0n) is 15.1. The summed E-state index contributed by atoms with van der Waals surface area (Å²) in [6.07, 6.45) is 0. The van der Waals surface area contributed by atoms with Crippen LogP contribution in [-0.2, 0) is 11.3 Å². The standard InChI is InChI=1S/C21H15ClN6O/c22-15-6-2-1-5-14(15)21-24-16-10-9-13(11-18(16)25-21)23-20(29)12-28-19-8-4-3-7-17(19)26-27-28/h1-11H,12H2,(H,23,29)(H,24,25). The molecule has 2 aromatic heterocycles. The first kappa shape index (κ1) is 17.4. The van der Waals surface area contributed by atoms with E-state index in [1.807, 2.05) is 66.7 Å². The van der Waals surface area contributed by atoms with Crippen LogP contribution in [-0.4, -0.2) is 30.9 Å². The largest absolute Gasteiger partial charge is 0.338 e. The zero-order chi connectivity index (χ0) is 19.8. The van der Waals surface area contributed by atoms with Gasteiger partial charge in [-0.2, -0.15) is 0 Å². The Balaban J connectivity index is 1.38. The molecule has 0 fully saturated rings. The third kappa shape index (κ3) is 3.32. The highest BCUT2D eigenvalue weighted by Crippen LogP contribution is 2.28. The number of aromatic nitrogens is 5. The first-order chi connectivity index (χ1) is 14.2. The average Bonchev–Trinajstić information content (AvgIpc) is 3.32. The highest BCUT2D eigenvalue weighted by molar-refractivity contribution is 6.33. The predicted molar refractivity (Wildman–Crippen MR) is 113 cm³/mol. The summed E-state index contributed by atoms with van der Waals surface area (Å²) >= 11 is 6.27. The minimum Gasteiger partial charge on any atom is -0.338 e. The molecule has 0 bridgehead atoms. The van der Waals surface area contributed by atoms with Crippen molar-refractivity contribution >= 4 is 45.3 Å². The number of hydrogen-bond donors (Lipinski definition) is 2. The fourth-order valence-electron chi connectivity index (χ4n) is 3.24. The molecule has 3 aromatic carbocycles. The van der Waals surface area contributed by atoms with Crippen molar-refractivity contribution in [2.45, 2.75) is 6.54 Å². The Kier molecular flexibility index (Phi) is 4.22. The molecule has 1 amide bonds. The summed E-state index contributed by atoms with van der Waals surface area (Å²) in [5.74, 6) is 0.494. The molecule has 142 valence electrons. The van der Waals surface area contributed by atoms with Crippen LogP contribution in [0.4, 0.5) is 5.69 Å². The van der Waals surface area contributed by atoms with Crippen LogP contribution < -0.4 is 5.32 Å². The maximum atomic E-state index is 12.5. The number of amides is 1. The van der Waals surface area contributed by atoms with Gasteiger partial charge in [0.05, 0.1) is 21.6 Å². The minimum absolute atomic E-state index is 0.0758. The van der Waals surface area contributed by atoms with E-state index in [1.54, 1.807) is 4.68 Å². The molecule has 0 aliphatic carbocycles. The molecule has 0 radical (unpaired) electrons.